The molecule has 7 nitrogen and oxygen atoms in total. The van der Waals surface area contributed by atoms with E-state index < -0.39 is 0 Å². The highest BCUT2D eigenvalue weighted by Gasteiger charge is 2.23. The van der Waals surface area contributed by atoms with Crippen molar-refractivity contribution in [1.82, 2.24) is 14.5 Å². The topological polar surface area (TPSA) is 90.5 Å². The SMILES string of the molecule is CCn1cc(C(=O)N2CCOCC2)c(=O)c2cc(N)cnc21. The molecule has 0 spiro atoms. The van der Waals surface area contributed by atoms with Crippen molar-refractivity contribution in [1.29, 1.82) is 0 Å². The molecule has 3 heterocycles. The van der Waals surface area contributed by atoms with Crippen molar-refractivity contribution in [3.63, 3.8) is 0 Å². The molecule has 1 amide bonds. The number of fused-ring (bicyclic) bond motifs is 1. The van der Waals surface area contributed by atoms with Crippen LogP contribution in [0.3, 0.4) is 0 Å². The van der Waals surface area contributed by atoms with Crippen LogP contribution in [0.1, 0.15) is 17.3 Å². The van der Waals surface area contributed by atoms with Crippen LogP contribution in [0.5, 0.6) is 0 Å². The monoisotopic (exact) mass is 302 g/mol. The van der Waals surface area contributed by atoms with Crippen LogP contribution < -0.4 is 11.2 Å². The standard InChI is InChI=1S/C15H18N4O3/c1-2-18-9-12(15(21)19-3-5-22-6-4-19)13(20)11-7-10(16)8-17-14(11)18/h7-9H,2-6,16H2,1H3. The van der Waals surface area contributed by atoms with Gasteiger partial charge in [-0.25, -0.2) is 4.98 Å². The molecule has 0 aromatic carbocycles. The van der Waals surface area contributed by atoms with Crippen LogP contribution in [-0.4, -0.2) is 46.7 Å². The number of nitrogen functional groups attached to an aromatic ring is 1. The lowest BCUT2D eigenvalue weighted by Crippen LogP contribution is -2.42. The Morgan fingerprint density at radius 2 is 2.14 bits per heavy atom. The fourth-order valence-electron chi connectivity index (χ4n) is 2.62. The second-order valence-electron chi connectivity index (χ2n) is 5.20. The summed E-state index contributed by atoms with van der Waals surface area (Å²) in [5.41, 5.74) is 6.51. The molecule has 0 aliphatic carbocycles. The number of ether oxygens (including phenoxy) is 1. The summed E-state index contributed by atoms with van der Waals surface area (Å²) in [5.74, 6) is -0.264. The summed E-state index contributed by atoms with van der Waals surface area (Å²) in [6.07, 6.45) is 3.10. The van der Waals surface area contributed by atoms with Crippen molar-refractivity contribution in [2.24, 2.45) is 0 Å². The van der Waals surface area contributed by atoms with E-state index in [-0.39, 0.29) is 16.9 Å². The predicted octanol–water partition coefficient (Wildman–Crippen LogP) is 0.471. The fourth-order valence-corrected chi connectivity index (χ4v) is 2.62. The number of rotatable bonds is 2. The molecule has 0 unspecified atom stereocenters. The Hall–Kier alpha value is -2.41. The van der Waals surface area contributed by atoms with Gasteiger partial charge in [-0.3, -0.25) is 9.59 Å². The number of nitrogens with two attached hydrogens (primary N) is 1. The lowest BCUT2D eigenvalue weighted by Gasteiger charge is -2.27. The molecule has 0 saturated carbocycles. The molecule has 2 aromatic rings. The number of pyridine rings is 2. The van der Waals surface area contributed by atoms with E-state index in [9.17, 15) is 9.59 Å². The second kappa shape index (κ2) is 5.76. The van der Waals surface area contributed by atoms with Gasteiger partial charge in [-0.05, 0) is 13.0 Å². The zero-order valence-corrected chi connectivity index (χ0v) is 12.4. The third kappa shape index (κ3) is 2.43. The molecule has 1 saturated heterocycles. The van der Waals surface area contributed by atoms with E-state index in [1.54, 1.807) is 21.7 Å². The summed E-state index contributed by atoms with van der Waals surface area (Å²) in [5, 5.41) is 0.376. The maximum atomic E-state index is 12.6. The quantitative estimate of drug-likeness (QED) is 0.871. The highest BCUT2D eigenvalue weighted by atomic mass is 16.5. The molecule has 2 N–H and O–H groups in total. The molecule has 1 aliphatic rings. The minimum atomic E-state index is -0.323. The average molecular weight is 302 g/mol. The van der Waals surface area contributed by atoms with Crippen molar-refractivity contribution in [2.45, 2.75) is 13.5 Å². The van der Waals surface area contributed by atoms with Crippen LogP contribution in [0.4, 0.5) is 5.69 Å². The maximum absolute atomic E-state index is 12.6. The van der Waals surface area contributed by atoms with Crippen LogP contribution in [-0.2, 0) is 11.3 Å². The summed E-state index contributed by atoms with van der Waals surface area (Å²) >= 11 is 0. The first-order valence-electron chi connectivity index (χ1n) is 7.27. The molecule has 3 rings (SSSR count). The third-order valence-electron chi connectivity index (χ3n) is 3.80. The predicted molar refractivity (Wildman–Crippen MR) is 82.8 cm³/mol. The van der Waals surface area contributed by atoms with Crippen molar-refractivity contribution in [3.8, 4) is 0 Å². The van der Waals surface area contributed by atoms with Gasteiger partial charge in [0.05, 0.1) is 30.5 Å². The number of aromatic nitrogens is 2. The first kappa shape index (κ1) is 14.5. The molecule has 0 bridgehead atoms. The van der Waals surface area contributed by atoms with Gasteiger partial charge in [0.2, 0.25) is 5.43 Å². The van der Waals surface area contributed by atoms with Crippen molar-refractivity contribution < 1.29 is 9.53 Å². The second-order valence-corrected chi connectivity index (χ2v) is 5.20. The molecule has 1 fully saturated rings. The molecule has 0 radical (unpaired) electrons. The highest BCUT2D eigenvalue weighted by molar-refractivity contribution is 5.97. The first-order valence-corrected chi connectivity index (χ1v) is 7.27. The Bertz CT molecular complexity index is 778. The fraction of sp³-hybridized carbons (Fsp3) is 0.400. The van der Waals surface area contributed by atoms with E-state index in [2.05, 4.69) is 4.98 Å². The van der Waals surface area contributed by atoms with Gasteiger partial charge < -0.3 is 19.9 Å². The summed E-state index contributed by atoms with van der Waals surface area (Å²) < 4.78 is 7.04. The molecule has 1 aliphatic heterocycles. The molecular weight excluding hydrogens is 284 g/mol. The van der Waals surface area contributed by atoms with Gasteiger partial charge in [0.1, 0.15) is 11.2 Å². The number of morpholine rings is 1. The maximum Gasteiger partial charge on any atom is 0.259 e. The van der Waals surface area contributed by atoms with Gasteiger partial charge in [0.25, 0.3) is 5.91 Å². The Morgan fingerprint density at radius 1 is 1.41 bits per heavy atom. The average Bonchev–Trinajstić information content (AvgIpc) is 2.56. The number of hydrogen-bond acceptors (Lipinski definition) is 5. The zero-order chi connectivity index (χ0) is 15.7. The van der Waals surface area contributed by atoms with E-state index in [4.69, 9.17) is 10.5 Å². The summed E-state index contributed by atoms with van der Waals surface area (Å²) in [6, 6.07) is 1.58. The third-order valence-corrected chi connectivity index (χ3v) is 3.80. The van der Waals surface area contributed by atoms with E-state index in [0.29, 0.717) is 49.6 Å². The number of anilines is 1. The number of hydrogen-bond donors (Lipinski definition) is 1. The molecular formula is C15H18N4O3. The van der Waals surface area contributed by atoms with E-state index in [0.717, 1.165) is 0 Å². The smallest absolute Gasteiger partial charge is 0.259 e. The minimum Gasteiger partial charge on any atom is -0.397 e. The van der Waals surface area contributed by atoms with E-state index in [1.807, 2.05) is 6.92 Å². The minimum absolute atomic E-state index is 0.156. The number of carbonyl (C=O) groups excluding carboxylic acids is 1. The number of aryl methyl sites for hydroxylation is 1. The first-order chi connectivity index (χ1) is 10.6. The van der Waals surface area contributed by atoms with Gasteiger partial charge in [-0.1, -0.05) is 0 Å². The molecule has 116 valence electrons. The molecule has 7 heteroatoms. The van der Waals surface area contributed by atoms with Gasteiger partial charge >= 0.3 is 0 Å². The lowest BCUT2D eigenvalue weighted by atomic mass is 10.1. The highest BCUT2D eigenvalue weighted by Crippen LogP contribution is 2.14. The van der Waals surface area contributed by atoms with Crippen molar-refractivity contribution in [2.75, 3.05) is 32.0 Å². The molecule has 2 aromatic heterocycles. The van der Waals surface area contributed by atoms with Crippen LogP contribution >= 0.6 is 0 Å². The van der Waals surface area contributed by atoms with Crippen molar-refractivity contribution >= 4 is 22.6 Å². The Labute approximate surface area is 127 Å². The summed E-state index contributed by atoms with van der Waals surface area (Å²) in [7, 11) is 0. The number of amides is 1. The Morgan fingerprint density at radius 3 is 2.82 bits per heavy atom. The largest absolute Gasteiger partial charge is 0.397 e. The van der Waals surface area contributed by atoms with E-state index in [1.165, 1.54) is 6.20 Å². The normalized spacial score (nSPS) is 15.2. The zero-order valence-electron chi connectivity index (χ0n) is 12.4. The van der Waals surface area contributed by atoms with Crippen molar-refractivity contribution in [3.05, 3.63) is 34.2 Å². The Balaban J connectivity index is 2.15. The van der Waals surface area contributed by atoms with E-state index >= 15 is 0 Å². The summed E-state index contributed by atoms with van der Waals surface area (Å²) in [4.78, 5) is 31.1. The molecule has 22 heavy (non-hydrogen) atoms. The molecule has 0 atom stereocenters. The van der Waals surface area contributed by atoms with Gasteiger partial charge in [-0.2, -0.15) is 0 Å². The van der Waals surface area contributed by atoms with Gasteiger partial charge in [0, 0.05) is 25.8 Å². The summed E-state index contributed by atoms with van der Waals surface area (Å²) in [6.45, 7) is 4.53. The number of carbonyl (C=O) groups is 1. The Kier molecular flexibility index (Phi) is 3.81. The van der Waals surface area contributed by atoms with Crippen LogP contribution in [0, 0.1) is 0 Å². The number of nitrogens with zero attached hydrogens (tertiary/aromatic N) is 3. The van der Waals surface area contributed by atoms with Gasteiger partial charge in [-0.15, -0.1) is 0 Å². The van der Waals surface area contributed by atoms with Crippen LogP contribution in [0.2, 0.25) is 0 Å². The van der Waals surface area contributed by atoms with Crippen LogP contribution in [0.25, 0.3) is 11.0 Å². The lowest BCUT2D eigenvalue weighted by molar-refractivity contribution is 0.0301. The van der Waals surface area contributed by atoms with Gasteiger partial charge in [0.15, 0.2) is 0 Å². The van der Waals surface area contributed by atoms with Crippen LogP contribution in [0.15, 0.2) is 23.3 Å².